The molecule has 1 heterocycles. The van der Waals surface area contributed by atoms with Crippen molar-refractivity contribution in [2.45, 2.75) is 12.6 Å². The average molecular weight is 164 g/mol. The van der Waals surface area contributed by atoms with E-state index in [1.54, 1.807) is 24.5 Å². The summed E-state index contributed by atoms with van der Waals surface area (Å²) in [5.41, 5.74) is 12.0. The van der Waals surface area contributed by atoms with Crippen LogP contribution in [0.2, 0.25) is 0 Å². The summed E-state index contributed by atoms with van der Waals surface area (Å²) in [4.78, 5) is 3.85. The quantitative estimate of drug-likeness (QED) is 0.436. The Balaban J connectivity index is 2.66. The van der Waals surface area contributed by atoms with Crippen LogP contribution in [0.3, 0.4) is 0 Å². The van der Waals surface area contributed by atoms with Crippen LogP contribution < -0.4 is 11.5 Å². The van der Waals surface area contributed by atoms with Gasteiger partial charge in [0, 0.05) is 24.5 Å². The van der Waals surface area contributed by atoms with Crippen LogP contribution in [0.4, 0.5) is 0 Å². The molecule has 0 bridgehead atoms. The Kier molecular flexibility index (Phi) is 2.90. The minimum Gasteiger partial charge on any atom is -0.316 e. The summed E-state index contributed by atoms with van der Waals surface area (Å²) >= 11 is 0. The van der Waals surface area contributed by atoms with Gasteiger partial charge in [0.15, 0.2) is 0 Å². The summed E-state index contributed by atoms with van der Waals surface area (Å²) < 4.78 is 0. The number of nitrogens with one attached hydrogen (secondary N) is 1. The maximum atomic E-state index is 7.57. The zero-order chi connectivity index (χ0) is 8.97. The molecule has 1 rings (SSSR count). The fraction of sp³-hybridized carbons (Fsp3) is 0.250. The molecule has 0 radical (unpaired) electrons. The van der Waals surface area contributed by atoms with Gasteiger partial charge >= 0.3 is 0 Å². The summed E-state index contributed by atoms with van der Waals surface area (Å²) in [7, 11) is 0. The normalized spacial score (nSPS) is 10.2. The van der Waals surface area contributed by atoms with Gasteiger partial charge in [-0.25, -0.2) is 0 Å². The van der Waals surface area contributed by atoms with Gasteiger partial charge in [-0.3, -0.25) is 4.98 Å². The minimum atomic E-state index is -0.453. The largest absolute Gasteiger partial charge is 0.316 e. The van der Waals surface area contributed by atoms with Crippen molar-refractivity contribution in [3.63, 3.8) is 0 Å². The van der Waals surface area contributed by atoms with Crippen molar-refractivity contribution < 1.29 is 0 Å². The Bertz CT molecular complexity index is 255. The number of nitrogens with two attached hydrogens (primary N) is 2. The molecule has 5 N–H and O–H groups in total. The second kappa shape index (κ2) is 3.94. The first-order chi connectivity index (χ1) is 5.70. The fourth-order valence-electron chi connectivity index (χ4n) is 0.907. The van der Waals surface area contributed by atoms with E-state index >= 15 is 0 Å². The highest BCUT2D eigenvalue weighted by Crippen LogP contribution is 2.00. The molecule has 1 aromatic rings. The molecule has 0 atom stereocenters. The highest BCUT2D eigenvalue weighted by molar-refractivity contribution is 5.98. The molecule has 4 heteroatoms. The van der Waals surface area contributed by atoms with Crippen molar-refractivity contribution in [2.24, 2.45) is 11.5 Å². The van der Waals surface area contributed by atoms with Gasteiger partial charge < -0.3 is 16.9 Å². The Morgan fingerprint density at radius 3 is 2.50 bits per heavy atom. The van der Waals surface area contributed by atoms with Crippen molar-refractivity contribution in [3.05, 3.63) is 30.1 Å². The second-order valence-corrected chi connectivity index (χ2v) is 2.58. The number of pyridine rings is 1. The van der Waals surface area contributed by atoms with Gasteiger partial charge in [0.05, 0.1) is 6.17 Å². The van der Waals surface area contributed by atoms with Crippen LogP contribution >= 0.6 is 0 Å². The van der Waals surface area contributed by atoms with Crippen LogP contribution in [0, 0.1) is 5.41 Å². The monoisotopic (exact) mass is 164 g/mol. The van der Waals surface area contributed by atoms with Gasteiger partial charge in [0.25, 0.3) is 0 Å². The van der Waals surface area contributed by atoms with E-state index in [4.69, 9.17) is 16.9 Å². The third-order valence-electron chi connectivity index (χ3n) is 1.47. The van der Waals surface area contributed by atoms with Gasteiger partial charge in [-0.1, -0.05) is 0 Å². The lowest BCUT2D eigenvalue weighted by atomic mass is 10.1. The SMILES string of the molecule is N=C(CC(N)N)c1ccncc1. The molecule has 0 saturated carbocycles. The first kappa shape index (κ1) is 8.83. The van der Waals surface area contributed by atoms with Crippen molar-refractivity contribution in [1.29, 1.82) is 5.41 Å². The lowest BCUT2D eigenvalue weighted by Crippen LogP contribution is -2.32. The molecule has 0 aliphatic heterocycles. The first-order valence-electron chi connectivity index (χ1n) is 3.69. The maximum absolute atomic E-state index is 7.57. The predicted octanol–water partition coefficient (Wildman–Crippen LogP) is 0.0831. The second-order valence-electron chi connectivity index (χ2n) is 2.58. The number of hydrogen-bond acceptors (Lipinski definition) is 4. The molecule has 64 valence electrons. The molecule has 0 aromatic carbocycles. The van der Waals surface area contributed by atoms with Gasteiger partial charge in [-0.05, 0) is 17.7 Å². The molecular weight excluding hydrogens is 152 g/mol. The molecule has 12 heavy (non-hydrogen) atoms. The lowest BCUT2D eigenvalue weighted by Gasteiger charge is -2.05. The number of nitrogens with zero attached hydrogens (tertiary/aromatic N) is 1. The predicted molar refractivity (Wildman–Crippen MR) is 47.8 cm³/mol. The molecule has 0 spiro atoms. The topological polar surface area (TPSA) is 88.8 Å². The summed E-state index contributed by atoms with van der Waals surface area (Å²) in [6, 6.07) is 3.54. The van der Waals surface area contributed by atoms with Crippen LogP contribution in [0.5, 0.6) is 0 Å². The standard InChI is InChI=1S/C8H12N4/c9-7(5-8(10)11)6-1-3-12-4-2-6/h1-4,8-9H,5,10-11H2. The average Bonchev–Trinajstić information content (AvgIpc) is 2.05. The molecule has 0 unspecified atom stereocenters. The van der Waals surface area contributed by atoms with Crippen LogP contribution in [0.1, 0.15) is 12.0 Å². The Labute approximate surface area is 71.1 Å². The van der Waals surface area contributed by atoms with Crippen LogP contribution in [0.25, 0.3) is 0 Å². The smallest absolute Gasteiger partial charge is 0.0577 e. The van der Waals surface area contributed by atoms with E-state index in [-0.39, 0.29) is 0 Å². The molecular formula is C8H12N4. The van der Waals surface area contributed by atoms with Gasteiger partial charge in [0.1, 0.15) is 0 Å². The van der Waals surface area contributed by atoms with Gasteiger partial charge in [-0.2, -0.15) is 0 Å². The molecule has 0 aliphatic carbocycles. The summed E-state index contributed by atoms with van der Waals surface area (Å²) in [5.74, 6) is 0. The summed E-state index contributed by atoms with van der Waals surface area (Å²) in [6.45, 7) is 0. The van der Waals surface area contributed by atoms with Gasteiger partial charge in [-0.15, -0.1) is 0 Å². The van der Waals surface area contributed by atoms with E-state index in [0.717, 1.165) is 5.56 Å². The zero-order valence-corrected chi connectivity index (χ0v) is 6.70. The summed E-state index contributed by atoms with van der Waals surface area (Å²) in [6.07, 6.45) is 3.23. The van der Waals surface area contributed by atoms with E-state index in [0.29, 0.717) is 12.1 Å². The molecule has 0 saturated heterocycles. The first-order valence-corrected chi connectivity index (χ1v) is 3.69. The van der Waals surface area contributed by atoms with E-state index in [1.807, 2.05) is 0 Å². The molecule has 0 amide bonds. The molecule has 4 nitrogen and oxygen atoms in total. The van der Waals surface area contributed by atoms with Crippen LogP contribution in [0.15, 0.2) is 24.5 Å². The summed E-state index contributed by atoms with van der Waals surface area (Å²) in [5, 5.41) is 7.57. The highest BCUT2D eigenvalue weighted by Gasteiger charge is 2.03. The van der Waals surface area contributed by atoms with Gasteiger partial charge in [0.2, 0.25) is 0 Å². The van der Waals surface area contributed by atoms with E-state index in [2.05, 4.69) is 4.98 Å². The molecule has 0 aliphatic rings. The Hall–Kier alpha value is -1.26. The molecule has 0 fully saturated rings. The van der Waals surface area contributed by atoms with Crippen molar-refractivity contribution in [2.75, 3.05) is 0 Å². The third kappa shape index (κ3) is 2.41. The fourth-order valence-corrected chi connectivity index (χ4v) is 0.907. The van der Waals surface area contributed by atoms with E-state index in [1.165, 1.54) is 0 Å². The van der Waals surface area contributed by atoms with Crippen molar-refractivity contribution >= 4 is 5.71 Å². The maximum Gasteiger partial charge on any atom is 0.0577 e. The van der Waals surface area contributed by atoms with Crippen molar-refractivity contribution in [3.8, 4) is 0 Å². The number of aromatic nitrogens is 1. The van der Waals surface area contributed by atoms with Crippen molar-refractivity contribution in [1.82, 2.24) is 4.98 Å². The van der Waals surface area contributed by atoms with Crippen LogP contribution in [-0.2, 0) is 0 Å². The lowest BCUT2D eigenvalue weighted by molar-refractivity contribution is 0.738. The third-order valence-corrected chi connectivity index (χ3v) is 1.47. The zero-order valence-electron chi connectivity index (χ0n) is 6.70. The Morgan fingerprint density at radius 1 is 1.42 bits per heavy atom. The van der Waals surface area contributed by atoms with E-state index in [9.17, 15) is 0 Å². The number of hydrogen-bond donors (Lipinski definition) is 3. The Morgan fingerprint density at radius 2 is 2.00 bits per heavy atom. The minimum absolute atomic E-state index is 0.393. The number of rotatable bonds is 3. The highest BCUT2D eigenvalue weighted by atomic mass is 14.8. The van der Waals surface area contributed by atoms with Crippen LogP contribution in [-0.4, -0.2) is 16.9 Å². The van der Waals surface area contributed by atoms with E-state index < -0.39 is 6.17 Å². The molecule has 1 aromatic heterocycles.